The Morgan fingerprint density at radius 2 is 2.05 bits per heavy atom. The normalized spacial score (nSPS) is 10.1. The van der Waals surface area contributed by atoms with Gasteiger partial charge < -0.3 is 10.6 Å². The van der Waals surface area contributed by atoms with Crippen molar-refractivity contribution in [2.45, 2.75) is 6.92 Å². The lowest BCUT2D eigenvalue weighted by Gasteiger charge is -2.07. The molecule has 2 aromatic rings. The average Bonchev–Trinajstić information content (AvgIpc) is 2.42. The van der Waals surface area contributed by atoms with Gasteiger partial charge in [0.15, 0.2) is 0 Å². The molecule has 0 radical (unpaired) electrons. The summed E-state index contributed by atoms with van der Waals surface area (Å²) in [5.41, 5.74) is 2.09. The van der Waals surface area contributed by atoms with Crippen LogP contribution in [-0.2, 0) is 0 Å². The van der Waals surface area contributed by atoms with E-state index in [9.17, 15) is 4.79 Å². The molecule has 0 saturated heterocycles. The van der Waals surface area contributed by atoms with Crippen LogP contribution >= 0.6 is 15.9 Å². The first-order valence-electron chi connectivity index (χ1n) is 5.67. The standard InChI is InChI=1S/C13H13BrN4O/c1-8-3-4-10(9(14)5-8)18-13(19)11-6-17-12(15-2)7-16-11/h3-7H,1-2H3,(H,15,17)(H,18,19). The van der Waals surface area contributed by atoms with Crippen LogP contribution < -0.4 is 10.6 Å². The summed E-state index contributed by atoms with van der Waals surface area (Å²) in [7, 11) is 1.74. The van der Waals surface area contributed by atoms with Crippen LogP contribution in [0, 0.1) is 6.92 Å². The van der Waals surface area contributed by atoms with Gasteiger partial charge in [-0.3, -0.25) is 4.79 Å². The second-order valence-corrected chi connectivity index (χ2v) is 4.83. The van der Waals surface area contributed by atoms with Gasteiger partial charge in [-0.25, -0.2) is 9.97 Å². The van der Waals surface area contributed by atoms with Crippen LogP contribution in [0.3, 0.4) is 0 Å². The van der Waals surface area contributed by atoms with Crippen molar-refractivity contribution >= 4 is 33.3 Å². The molecule has 98 valence electrons. The second kappa shape index (κ2) is 5.79. The lowest BCUT2D eigenvalue weighted by atomic mass is 10.2. The summed E-state index contributed by atoms with van der Waals surface area (Å²) < 4.78 is 0.834. The Morgan fingerprint density at radius 1 is 1.26 bits per heavy atom. The fraction of sp³-hybridized carbons (Fsp3) is 0.154. The van der Waals surface area contributed by atoms with Crippen molar-refractivity contribution in [3.05, 3.63) is 46.3 Å². The smallest absolute Gasteiger partial charge is 0.275 e. The number of aryl methyl sites for hydroxylation is 1. The molecule has 0 aliphatic rings. The number of amides is 1. The summed E-state index contributed by atoms with van der Waals surface area (Å²) in [6.07, 6.45) is 2.95. The lowest BCUT2D eigenvalue weighted by Crippen LogP contribution is -2.14. The Labute approximate surface area is 119 Å². The summed E-state index contributed by atoms with van der Waals surface area (Å²) >= 11 is 3.41. The van der Waals surface area contributed by atoms with Gasteiger partial charge in [-0.05, 0) is 40.5 Å². The van der Waals surface area contributed by atoms with E-state index < -0.39 is 0 Å². The predicted molar refractivity (Wildman–Crippen MR) is 78.4 cm³/mol. The molecule has 0 bridgehead atoms. The molecular formula is C13H13BrN4O. The van der Waals surface area contributed by atoms with E-state index in [1.54, 1.807) is 7.05 Å². The summed E-state index contributed by atoms with van der Waals surface area (Å²) in [6, 6.07) is 5.70. The van der Waals surface area contributed by atoms with Gasteiger partial charge in [0, 0.05) is 11.5 Å². The maximum absolute atomic E-state index is 12.0. The topological polar surface area (TPSA) is 66.9 Å². The van der Waals surface area contributed by atoms with Gasteiger partial charge in [0.1, 0.15) is 11.5 Å². The molecule has 5 nitrogen and oxygen atoms in total. The summed E-state index contributed by atoms with van der Waals surface area (Å²) in [5, 5.41) is 5.63. The number of halogens is 1. The quantitative estimate of drug-likeness (QED) is 0.912. The SMILES string of the molecule is CNc1cnc(C(=O)Nc2ccc(C)cc2Br)cn1. The lowest BCUT2D eigenvalue weighted by molar-refractivity contribution is 0.102. The molecule has 2 N–H and O–H groups in total. The molecule has 0 unspecified atom stereocenters. The molecule has 1 amide bonds. The molecule has 6 heteroatoms. The highest BCUT2D eigenvalue weighted by atomic mass is 79.9. The van der Waals surface area contributed by atoms with Crippen molar-refractivity contribution in [1.82, 2.24) is 9.97 Å². The molecular weight excluding hydrogens is 308 g/mol. The number of nitrogens with zero attached hydrogens (tertiary/aromatic N) is 2. The minimum atomic E-state index is -0.292. The first-order valence-corrected chi connectivity index (χ1v) is 6.47. The number of nitrogens with one attached hydrogen (secondary N) is 2. The molecule has 1 aromatic heterocycles. The number of hydrogen-bond donors (Lipinski definition) is 2. The predicted octanol–water partition coefficient (Wildman–Crippen LogP) is 2.84. The molecule has 0 aliphatic carbocycles. The number of carbonyl (C=O) groups is 1. The van der Waals surface area contributed by atoms with Crippen molar-refractivity contribution in [1.29, 1.82) is 0 Å². The van der Waals surface area contributed by atoms with Gasteiger partial charge in [0.25, 0.3) is 5.91 Å². The number of benzene rings is 1. The zero-order valence-electron chi connectivity index (χ0n) is 10.6. The van der Waals surface area contributed by atoms with Crippen LogP contribution in [-0.4, -0.2) is 22.9 Å². The first kappa shape index (κ1) is 13.5. The molecule has 19 heavy (non-hydrogen) atoms. The summed E-state index contributed by atoms with van der Waals surface area (Å²) in [5.74, 6) is 0.327. The van der Waals surface area contributed by atoms with E-state index in [1.807, 2.05) is 25.1 Å². The van der Waals surface area contributed by atoms with Gasteiger partial charge in [0.05, 0.1) is 18.1 Å². The number of carbonyl (C=O) groups excluding carboxylic acids is 1. The van der Waals surface area contributed by atoms with Crippen molar-refractivity contribution in [3.8, 4) is 0 Å². The highest BCUT2D eigenvalue weighted by Crippen LogP contribution is 2.23. The molecule has 0 spiro atoms. The maximum atomic E-state index is 12.0. The zero-order valence-corrected chi connectivity index (χ0v) is 12.2. The van der Waals surface area contributed by atoms with E-state index in [-0.39, 0.29) is 11.6 Å². The van der Waals surface area contributed by atoms with Crippen LogP contribution in [0.1, 0.15) is 16.1 Å². The van der Waals surface area contributed by atoms with Crippen LogP contribution in [0.2, 0.25) is 0 Å². The van der Waals surface area contributed by atoms with Crippen LogP contribution in [0.4, 0.5) is 11.5 Å². The average molecular weight is 321 g/mol. The van der Waals surface area contributed by atoms with Crippen LogP contribution in [0.15, 0.2) is 35.1 Å². The van der Waals surface area contributed by atoms with Crippen LogP contribution in [0.5, 0.6) is 0 Å². The van der Waals surface area contributed by atoms with E-state index in [1.165, 1.54) is 12.4 Å². The summed E-state index contributed by atoms with van der Waals surface area (Å²) in [4.78, 5) is 20.1. The first-order chi connectivity index (χ1) is 9.10. The minimum absolute atomic E-state index is 0.270. The fourth-order valence-electron chi connectivity index (χ4n) is 1.48. The van der Waals surface area contributed by atoms with Crippen molar-refractivity contribution in [2.24, 2.45) is 0 Å². The molecule has 0 saturated carbocycles. The monoisotopic (exact) mass is 320 g/mol. The van der Waals surface area contributed by atoms with Gasteiger partial charge in [0.2, 0.25) is 0 Å². The molecule has 1 aromatic carbocycles. The van der Waals surface area contributed by atoms with Crippen molar-refractivity contribution < 1.29 is 4.79 Å². The number of rotatable bonds is 3. The van der Waals surface area contributed by atoms with E-state index in [4.69, 9.17) is 0 Å². The van der Waals surface area contributed by atoms with Gasteiger partial charge in [-0.2, -0.15) is 0 Å². The van der Waals surface area contributed by atoms with Gasteiger partial charge >= 0.3 is 0 Å². The third-order valence-corrected chi connectivity index (χ3v) is 3.17. The molecule has 2 rings (SSSR count). The maximum Gasteiger partial charge on any atom is 0.275 e. The van der Waals surface area contributed by atoms with Gasteiger partial charge in [-0.1, -0.05) is 6.07 Å². The third-order valence-electron chi connectivity index (χ3n) is 2.51. The van der Waals surface area contributed by atoms with Crippen molar-refractivity contribution in [3.63, 3.8) is 0 Å². The fourth-order valence-corrected chi connectivity index (χ4v) is 2.07. The van der Waals surface area contributed by atoms with Crippen molar-refractivity contribution in [2.75, 3.05) is 17.7 Å². The number of anilines is 2. The Kier molecular flexibility index (Phi) is 4.11. The van der Waals surface area contributed by atoms with E-state index in [0.29, 0.717) is 11.5 Å². The Balaban J connectivity index is 2.15. The Hall–Kier alpha value is -1.95. The number of hydrogen-bond acceptors (Lipinski definition) is 4. The molecule has 0 aliphatic heterocycles. The zero-order chi connectivity index (χ0) is 13.8. The minimum Gasteiger partial charge on any atom is -0.372 e. The third kappa shape index (κ3) is 3.29. The van der Waals surface area contributed by atoms with Gasteiger partial charge in [-0.15, -0.1) is 0 Å². The van der Waals surface area contributed by atoms with E-state index in [0.717, 1.165) is 10.0 Å². The van der Waals surface area contributed by atoms with E-state index in [2.05, 4.69) is 36.5 Å². The largest absolute Gasteiger partial charge is 0.372 e. The van der Waals surface area contributed by atoms with E-state index >= 15 is 0 Å². The summed E-state index contributed by atoms with van der Waals surface area (Å²) in [6.45, 7) is 1.98. The Bertz CT molecular complexity index is 598. The highest BCUT2D eigenvalue weighted by Gasteiger charge is 2.10. The number of aromatic nitrogens is 2. The van der Waals surface area contributed by atoms with Crippen LogP contribution in [0.25, 0.3) is 0 Å². The molecule has 1 heterocycles. The highest BCUT2D eigenvalue weighted by molar-refractivity contribution is 9.10. The molecule has 0 fully saturated rings. The molecule has 0 atom stereocenters. The second-order valence-electron chi connectivity index (χ2n) is 3.97. The Morgan fingerprint density at radius 3 is 2.63 bits per heavy atom.